The van der Waals surface area contributed by atoms with E-state index < -0.39 is 0 Å². The summed E-state index contributed by atoms with van der Waals surface area (Å²) in [5, 5.41) is 10.3. The van der Waals surface area contributed by atoms with Gasteiger partial charge in [0, 0.05) is 0 Å². The topological polar surface area (TPSA) is 44.1 Å². The summed E-state index contributed by atoms with van der Waals surface area (Å²) >= 11 is 0.474. The van der Waals surface area contributed by atoms with Gasteiger partial charge in [-0.05, 0) is 0 Å². The first-order valence-electron chi connectivity index (χ1n) is 7.26. The van der Waals surface area contributed by atoms with Crippen molar-refractivity contribution >= 4 is 25.3 Å². The second kappa shape index (κ2) is 9.04. The summed E-state index contributed by atoms with van der Waals surface area (Å²) in [5.41, 5.74) is 0.567. The van der Waals surface area contributed by atoms with Gasteiger partial charge in [0.15, 0.2) is 0 Å². The molecule has 0 aliphatic carbocycles. The number of carbonyl (C=O) groups excluding carboxylic acids is 1. The van der Waals surface area contributed by atoms with E-state index in [0.29, 0.717) is 27.1 Å². The molecule has 0 spiro atoms. The van der Waals surface area contributed by atoms with Crippen LogP contribution in [0.4, 0.5) is 0 Å². The fourth-order valence-electron chi connectivity index (χ4n) is 2.01. The van der Waals surface area contributed by atoms with Crippen LogP contribution in [0.25, 0.3) is 0 Å². The van der Waals surface area contributed by atoms with Crippen LogP contribution in [0.3, 0.4) is 0 Å². The third-order valence-corrected chi connectivity index (χ3v) is 5.48. The van der Waals surface area contributed by atoms with Crippen molar-refractivity contribution in [1.82, 2.24) is 4.90 Å². The molecule has 22 heavy (non-hydrogen) atoms. The third-order valence-electron chi connectivity index (χ3n) is 3.17. The van der Waals surface area contributed by atoms with E-state index in [2.05, 4.69) is 24.3 Å². The van der Waals surface area contributed by atoms with Gasteiger partial charge < -0.3 is 0 Å². The van der Waals surface area contributed by atoms with Crippen molar-refractivity contribution in [2.75, 3.05) is 6.54 Å². The molecule has 0 aromatic heterocycles. The Balaban J connectivity index is 1.73. The quantitative estimate of drug-likeness (QED) is 0.331. The average molecular weight is 357 g/mol. The first kappa shape index (κ1) is 16.3. The molecule has 0 fully saturated rings. The zero-order chi connectivity index (χ0) is 15.6. The fourth-order valence-corrected chi connectivity index (χ4v) is 3.97. The molecule has 3 nitrogen and oxygen atoms in total. The van der Waals surface area contributed by atoms with E-state index >= 15 is 0 Å². The molecule has 0 bridgehead atoms. The number of amides is 1. The van der Waals surface area contributed by atoms with Crippen LogP contribution < -0.4 is 4.46 Å². The average Bonchev–Trinajstić information content (AvgIpc) is 2.59. The summed E-state index contributed by atoms with van der Waals surface area (Å²) in [6.07, 6.45) is 3.90. The molecule has 0 aliphatic rings. The van der Waals surface area contributed by atoms with Crippen molar-refractivity contribution in [1.29, 1.82) is 5.26 Å². The summed E-state index contributed by atoms with van der Waals surface area (Å²) in [5.74, 6) is -0.211. The van der Waals surface area contributed by atoms with Crippen molar-refractivity contribution < 1.29 is 4.79 Å². The Morgan fingerprint density at radius 1 is 1.00 bits per heavy atom. The number of unbranched alkanes of at least 4 members (excludes halogenated alkanes) is 1. The molecular formula is C18H18N2OSe. The molecule has 4 heteroatoms. The Labute approximate surface area is 137 Å². The predicted molar refractivity (Wildman–Crippen MR) is 89.0 cm³/mol. The second-order valence-corrected chi connectivity index (χ2v) is 7.24. The van der Waals surface area contributed by atoms with Crippen molar-refractivity contribution in [2.45, 2.75) is 18.2 Å². The summed E-state index contributed by atoms with van der Waals surface area (Å²) in [6.45, 7) is 0.495. The summed E-state index contributed by atoms with van der Waals surface area (Å²) in [4.78, 5) is 13.4. The van der Waals surface area contributed by atoms with Gasteiger partial charge in [-0.25, -0.2) is 0 Å². The summed E-state index contributed by atoms with van der Waals surface area (Å²) in [7, 11) is 0. The van der Waals surface area contributed by atoms with Crippen LogP contribution in [0.1, 0.15) is 23.2 Å². The molecule has 0 saturated carbocycles. The zero-order valence-electron chi connectivity index (χ0n) is 12.3. The summed E-state index contributed by atoms with van der Waals surface area (Å²) < 4.78 is 1.40. The number of nitrogens with zero attached hydrogens (tertiary/aromatic N) is 2. The predicted octanol–water partition coefficient (Wildman–Crippen LogP) is 2.84. The molecular weight excluding hydrogens is 339 g/mol. The Morgan fingerprint density at radius 3 is 2.27 bits per heavy atom. The van der Waals surface area contributed by atoms with Gasteiger partial charge >= 0.3 is 137 Å². The SMILES string of the molecule is N#CN(CCCC[Se]c1ccccc1)C(=O)c1ccccc1. The normalized spacial score (nSPS) is 9.95. The van der Waals surface area contributed by atoms with Crippen LogP contribution in [0.5, 0.6) is 0 Å². The van der Waals surface area contributed by atoms with Gasteiger partial charge in [-0.1, -0.05) is 0 Å². The van der Waals surface area contributed by atoms with Crippen molar-refractivity contribution in [3.63, 3.8) is 0 Å². The van der Waals surface area contributed by atoms with E-state index in [9.17, 15) is 4.79 Å². The molecule has 0 radical (unpaired) electrons. The van der Waals surface area contributed by atoms with Gasteiger partial charge in [0.1, 0.15) is 0 Å². The maximum atomic E-state index is 12.2. The van der Waals surface area contributed by atoms with Gasteiger partial charge in [0.25, 0.3) is 0 Å². The van der Waals surface area contributed by atoms with E-state index in [1.54, 1.807) is 12.1 Å². The van der Waals surface area contributed by atoms with Crippen LogP contribution in [0, 0.1) is 11.5 Å². The number of rotatable bonds is 7. The minimum atomic E-state index is -0.211. The van der Waals surface area contributed by atoms with E-state index in [1.807, 2.05) is 30.5 Å². The zero-order valence-corrected chi connectivity index (χ0v) is 14.0. The van der Waals surface area contributed by atoms with Crippen LogP contribution in [-0.2, 0) is 0 Å². The molecule has 0 atom stereocenters. The first-order chi connectivity index (χ1) is 10.8. The van der Waals surface area contributed by atoms with Gasteiger partial charge in [0.2, 0.25) is 0 Å². The molecule has 1 amide bonds. The number of hydrogen-bond acceptors (Lipinski definition) is 2. The van der Waals surface area contributed by atoms with Gasteiger partial charge in [0.05, 0.1) is 0 Å². The number of benzene rings is 2. The van der Waals surface area contributed by atoms with Gasteiger partial charge in [-0.3, -0.25) is 0 Å². The van der Waals surface area contributed by atoms with E-state index in [1.165, 1.54) is 9.36 Å². The van der Waals surface area contributed by atoms with Crippen LogP contribution in [0.2, 0.25) is 5.32 Å². The molecule has 0 N–H and O–H groups in total. The van der Waals surface area contributed by atoms with Crippen molar-refractivity contribution in [2.24, 2.45) is 0 Å². The van der Waals surface area contributed by atoms with Gasteiger partial charge in [-0.15, -0.1) is 0 Å². The second-order valence-electron chi connectivity index (χ2n) is 4.79. The van der Waals surface area contributed by atoms with Gasteiger partial charge in [-0.2, -0.15) is 0 Å². The molecule has 0 unspecified atom stereocenters. The standard InChI is InChI=1S/C18H18N2OSe/c19-15-20(18(21)16-9-3-1-4-10-16)13-7-8-14-22-17-11-5-2-6-12-17/h1-6,9-12H,7-8,13-14H2. The Morgan fingerprint density at radius 2 is 1.64 bits per heavy atom. The van der Waals surface area contributed by atoms with Crippen molar-refractivity contribution in [3.05, 3.63) is 66.2 Å². The third kappa shape index (κ3) is 5.03. The molecule has 2 aromatic rings. The number of nitriles is 1. The fraction of sp³-hybridized carbons (Fsp3) is 0.222. The Hall–Kier alpha value is -2.08. The number of hydrogen-bond donors (Lipinski definition) is 0. The molecule has 0 heterocycles. The molecule has 112 valence electrons. The molecule has 0 saturated heterocycles. The molecule has 0 aliphatic heterocycles. The monoisotopic (exact) mass is 358 g/mol. The summed E-state index contributed by atoms with van der Waals surface area (Å²) in [6, 6.07) is 19.4. The Kier molecular flexibility index (Phi) is 6.70. The maximum absolute atomic E-state index is 12.2. The van der Waals surface area contributed by atoms with E-state index in [-0.39, 0.29) is 5.91 Å². The van der Waals surface area contributed by atoms with E-state index in [4.69, 9.17) is 5.26 Å². The van der Waals surface area contributed by atoms with Crippen LogP contribution in [0.15, 0.2) is 60.7 Å². The molecule has 2 aromatic carbocycles. The minimum absolute atomic E-state index is 0.211. The van der Waals surface area contributed by atoms with Crippen molar-refractivity contribution in [3.8, 4) is 6.19 Å². The van der Waals surface area contributed by atoms with Crippen LogP contribution >= 0.6 is 0 Å². The van der Waals surface area contributed by atoms with Crippen LogP contribution in [-0.4, -0.2) is 32.3 Å². The Bertz CT molecular complexity index is 623. The number of carbonyl (C=O) groups is 1. The molecule has 2 rings (SSSR count). The van der Waals surface area contributed by atoms with E-state index in [0.717, 1.165) is 18.2 Å². The first-order valence-corrected chi connectivity index (χ1v) is 9.32.